The molecule has 0 aromatic rings. The number of ether oxygens (including phenoxy) is 2. The van der Waals surface area contributed by atoms with E-state index in [4.69, 9.17) is 21.1 Å². The molecule has 0 aromatic heterocycles. The molecule has 0 aromatic carbocycles. The SMILES string of the molecule is CC1CCC2(CC1)OCC(CCl)O2. The number of halogens is 1. The lowest BCUT2D eigenvalue weighted by atomic mass is 9.86. The van der Waals surface area contributed by atoms with Crippen LogP contribution in [0.25, 0.3) is 0 Å². The number of rotatable bonds is 1. The van der Waals surface area contributed by atoms with Gasteiger partial charge in [-0.05, 0) is 18.8 Å². The van der Waals surface area contributed by atoms with E-state index < -0.39 is 0 Å². The molecule has 2 rings (SSSR count). The summed E-state index contributed by atoms with van der Waals surface area (Å²) >= 11 is 5.73. The monoisotopic (exact) mass is 204 g/mol. The highest BCUT2D eigenvalue weighted by atomic mass is 35.5. The van der Waals surface area contributed by atoms with Crippen molar-refractivity contribution in [1.29, 1.82) is 0 Å². The van der Waals surface area contributed by atoms with E-state index in [2.05, 4.69) is 6.92 Å². The number of hydrogen-bond acceptors (Lipinski definition) is 2. The second-order valence-electron chi connectivity index (χ2n) is 4.30. The lowest BCUT2D eigenvalue weighted by Crippen LogP contribution is -2.35. The van der Waals surface area contributed by atoms with Crippen molar-refractivity contribution in [3.05, 3.63) is 0 Å². The van der Waals surface area contributed by atoms with Gasteiger partial charge in [-0.15, -0.1) is 11.6 Å². The Balaban J connectivity index is 1.92. The third-order valence-electron chi connectivity index (χ3n) is 3.12. The summed E-state index contributed by atoms with van der Waals surface area (Å²) in [6.45, 7) is 2.97. The minimum Gasteiger partial charge on any atom is -0.347 e. The predicted molar refractivity (Wildman–Crippen MR) is 51.9 cm³/mol. The molecule has 0 N–H and O–H groups in total. The Morgan fingerprint density at radius 1 is 1.38 bits per heavy atom. The standard InChI is InChI=1S/C10H17ClO2/c1-8-2-4-10(5-3-8)12-7-9(6-11)13-10/h8-9H,2-7H2,1H3. The summed E-state index contributed by atoms with van der Waals surface area (Å²) in [5.41, 5.74) is 0. The summed E-state index contributed by atoms with van der Waals surface area (Å²) in [7, 11) is 0. The fourth-order valence-corrected chi connectivity index (χ4v) is 2.31. The number of alkyl halides is 1. The van der Waals surface area contributed by atoms with E-state index >= 15 is 0 Å². The van der Waals surface area contributed by atoms with Gasteiger partial charge < -0.3 is 9.47 Å². The van der Waals surface area contributed by atoms with Crippen molar-refractivity contribution in [2.24, 2.45) is 5.92 Å². The molecule has 0 radical (unpaired) electrons. The lowest BCUT2D eigenvalue weighted by Gasteiger charge is -2.34. The van der Waals surface area contributed by atoms with Crippen LogP contribution in [0.4, 0.5) is 0 Å². The lowest BCUT2D eigenvalue weighted by molar-refractivity contribution is -0.189. The Kier molecular flexibility index (Phi) is 2.82. The van der Waals surface area contributed by atoms with Gasteiger partial charge in [0.1, 0.15) is 0 Å². The molecule has 2 nitrogen and oxygen atoms in total. The molecule has 2 fully saturated rings. The maximum atomic E-state index is 5.83. The molecule has 1 spiro atoms. The zero-order valence-electron chi connectivity index (χ0n) is 8.09. The zero-order valence-corrected chi connectivity index (χ0v) is 8.85. The third kappa shape index (κ3) is 2.00. The van der Waals surface area contributed by atoms with Crippen molar-refractivity contribution >= 4 is 11.6 Å². The Hall–Kier alpha value is 0.210. The van der Waals surface area contributed by atoms with E-state index in [1.807, 2.05) is 0 Å². The second-order valence-corrected chi connectivity index (χ2v) is 4.61. The van der Waals surface area contributed by atoms with Gasteiger partial charge in [0.05, 0.1) is 18.6 Å². The first-order valence-corrected chi connectivity index (χ1v) is 5.65. The smallest absolute Gasteiger partial charge is 0.168 e. The first-order chi connectivity index (χ1) is 6.24. The van der Waals surface area contributed by atoms with Gasteiger partial charge in [0.25, 0.3) is 0 Å². The Labute approximate surface area is 84.5 Å². The molecule has 1 atom stereocenters. The van der Waals surface area contributed by atoms with Crippen LogP contribution in [0, 0.1) is 5.92 Å². The highest BCUT2D eigenvalue weighted by Crippen LogP contribution is 2.39. The molecule has 1 heterocycles. The van der Waals surface area contributed by atoms with Gasteiger partial charge in [0.15, 0.2) is 5.79 Å². The maximum absolute atomic E-state index is 5.83. The van der Waals surface area contributed by atoms with E-state index in [0.717, 1.165) is 18.8 Å². The molecule has 2 aliphatic rings. The van der Waals surface area contributed by atoms with Crippen LogP contribution in [0.2, 0.25) is 0 Å². The normalized spacial score (nSPS) is 45.7. The molecule has 1 saturated carbocycles. The van der Waals surface area contributed by atoms with Crippen molar-refractivity contribution in [3.63, 3.8) is 0 Å². The molecule has 0 amide bonds. The first kappa shape index (κ1) is 9.75. The van der Waals surface area contributed by atoms with Crippen LogP contribution in [0.1, 0.15) is 32.6 Å². The molecule has 0 bridgehead atoms. The van der Waals surface area contributed by atoms with Crippen LogP contribution in [0.5, 0.6) is 0 Å². The van der Waals surface area contributed by atoms with Crippen LogP contribution < -0.4 is 0 Å². The van der Waals surface area contributed by atoms with E-state index in [9.17, 15) is 0 Å². The minimum atomic E-state index is -0.258. The van der Waals surface area contributed by atoms with Gasteiger partial charge in [-0.2, -0.15) is 0 Å². The highest BCUT2D eigenvalue weighted by molar-refractivity contribution is 6.18. The van der Waals surface area contributed by atoms with Crippen LogP contribution in [0.15, 0.2) is 0 Å². The van der Waals surface area contributed by atoms with Crippen molar-refractivity contribution in [3.8, 4) is 0 Å². The van der Waals surface area contributed by atoms with Crippen LogP contribution in [-0.2, 0) is 9.47 Å². The predicted octanol–water partition coefficient (Wildman–Crippen LogP) is 2.55. The third-order valence-corrected chi connectivity index (χ3v) is 3.47. The van der Waals surface area contributed by atoms with Crippen LogP contribution in [-0.4, -0.2) is 24.4 Å². The summed E-state index contributed by atoms with van der Waals surface area (Å²) in [4.78, 5) is 0. The van der Waals surface area contributed by atoms with Gasteiger partial charge in [0, 0.05) is 12.8 Å². The Bertz CT molecular complexity index is 176. The van der Waals surface area contributed by atoms with Crippen LogP contribution in [0.3, 0.4) is 0 Å². The molecule has 13 heavy (non-hydrogen) atoms. The van der Waals surface area contributed by atoms with Crippen molar-refractivity contribution in [2.45, 2.75) is 44.5 Å². The minimum absolute atomic E-state index is 0.120. The molecule has 1 saturated heterocycles. The summed E-state index contributed by atoms with van der Waals surface area (Å²) in [5.74, 6) is 1.12. The zero-order chi connectivity index (χ0) is 9.31. The Morgan fingerprint density at radius 3 is 2.62 bits per heavy atom. The molecule has 3 heteroatoms. The molecular weight excluding hydrogens is 188 g/mol. The fourth-order valence-electron chi connectivity index (χ4n) is 2.16. The quantitative estimate of drug-likeness (QED) is 0.612. The van der Waals surface area contributed by atoms with E-state index in [0.29, 0.717) is 12.5 Å². The average Bonchev–Trinajstić information content (AvgIpc) is 2.55. The largest absolute Gasteiger partial charge is 0.347 e. The number of hydrogen-bond donors (Lipinski definition) is 0. The van der Waals surface area contributed by atoms with Crippen molar-refractivity contribution < 1.29 is 9.47 Å². The molecule has 76 valence electrons. The summed E-state index contributed by atoms with van der Waals surface area (Å²) < 4.78 is 11.6. The molecule has 1 unspecified atom stereocenters. The fraction of sp³-hybridized carbons (Fsp3) is 1.00. The second kappa shape index (κ2) is 3.76. The van der Waals surface area contributed by atoms with Gasteiger partial charge >= 0.3 is 0 Å². The molecular formula is C10H17ClO2. The summed E-state index contributed by atoms with van der Waals surface area (Å²) in [6.07, 6.45) is 4.64. The van der Waals surface area contributed by atoms with Crippen molar-refractivity contribution in [2.75, 3.05) is 12.5 Å². The van der Waals surface area contributed by atoms with E-state index in [1.165, 1.54) is 12.8 Å². The van der Waals surface area contributed by atoms with Gasteiger partial charge in [-0.3, -0.25) is 0 Å². The van der Waals surface area contributed by atoms with E-state index in [-0.39, 0.29) is 11.9 Å². The topological polar surface area (TPSA) is 18.5 Å². The van der Waals surface area contributed by atoms with Crippen LogP contribution >= 0.6 is 11.6 Å². The van der Waals surface area contributed by atoms with Gasteiger partial charge in [-0.1, -0.05) is 6.92 Å². The summed E-state index contributed by atoms with van der Waals surface area (Å²) in [5, 5.41) is 0. The highest BCUT2D eigenvalue weighted by Gasteiger charge is 2.43. The summed E-state index contributed by atoms with van der Waals surface area (Å²) in [6, 6.07) is 0. The van der Waals surface area contributed by atoms with E-state index in [1.54, 1.807) is 0 Å². The first-order valence-electron chi connectivity index (χ1n) is 5.12. The average molecular weight is 205 g/mol. The van der Waals surface area contributed by atoms with Gasteiger partial charge in [-0.25, -0.2) is 0 Å². The molecule has 1 aliphatic carbocycles. The molecule has 1 aliphatic heterocycles. The van der Waals surface area contributed by atoms with Gasteiger partial charge in [0.2, 0.25) is 0 Å². The maximum Gasteiger partial charge on any atom is 0.168 e. The van der Waals surface area contributed by atoms with Crippen molar-refractivity contribution in [1.82, 2.24) is 0 Å². The Morgan fingerprint density at radius 2 is 2.08 bits per heavy atom.